The van der Waals surface area contributed by atoms with E-state index in [4.69, 9.17) is 11.6 Å². The molecule has 0 bridgehead atoms. The van der Waals surface area contributed by atoms with Gasteiger partial charge in [0.05, 0.1) is 10.9 Å². The summed E-state index contributed by atoms with van der Waals surface area (Å²) in [6, 6.07) is 1.48. The molecule has 1 heterocycles. The third kappa shape index (κ3) is 4.36. The molecule has 7 nitrogen and oxygen atoms in total. The Bertz CT molecular complexity index is 493. The van der Waals surface area contributed by atoms with Gasteiger partial charge in [0.2, 0.25) is 0 Å². The zero-order valence-electron chi connectivity index (χ0n) is 10.5. The van der Waals surface area contributed by atoms with E-state index in [1.807, 2.05) is 13.8 Å². The molecule has 0 saturated heterocycles. The summed E-state index contributed by atoms with van der Waals surface area (Å²) in [5.74, 6) is -1.28. The van der Waals surface area contributed by atoms with Gasteiger partial charge in [-0.05, 0) is 23.9 Å². The van der Waals surface area contributed by atoms with Crippen LogP contribution in [0.1, 0.15) is 20.3 Å². The van der Waals surface area contributed by atoms with Gasteiger partial charge in [0, 0.05) is 12.1 Å². The smallest absolute Gasteiger partial charge is 0.357 e. The molecule has 0 aromatic carbocycles. The van der Waals surface area contributed by atoms with Crippen molar-refractivity contribution in [2.45, 2.75) is 26.3 Å². The summed E-state index contributed by atoms with van der Waals surface area (Å²) >= 11 is 5.71. The maximum Gasteiger partial charge on any atom is 0.357 e. The van der Waals surface area contributed by atoms with Gasteiger partial charge < -0.3 is 9.90 Å². The van der Waals surface area contributed by atoms with Crippen LogP contribution in [0.15, 0.2) is 12.1 Å². The molecule has 0 aliphatic carbocycles. The lowest BCUT2D eigenvalue weighted by molar-refractivity contribution is -0.409. The summed E-state index contributed by atoms with van der Waals surface area (Å²) in [5.41, 5.74) is -0.278. The van der Waals surface area contributed by atoms with Crippen LogP contribution < -0.4 is 15.4 Å². The van der Waals surface area contributed by atoms with E-state index in [0.29, 0.717) is 0 Å². The van der Waals surface area contributed by atoms with Gasteiger partial charge in [-0.25, -0.2) is 4.98 Å². The summed E-state index contributed by atoms with van der Waals surface area (Å²) in [7, 11) is 0. The quantitative estimate of drug-likeness (QED) is 0.469. The lowest BCUT2D eigenvalue weighted by atomic mass is 10.0. The Hall–Kier alpha value is -1.89. The molecule has 0 fully saturated rings. The number of aromatic nitrogens is 1. The van der Waals surface area contributed by atoms with E-state index in [2.05, 4.69) is 10.3 Å². The highest BCUT2D eigenvalue weighted by Gasteiger charge is 2.26. The molecule has 0 amide bonds. The number of pyridine rings is 1. The summed E-state index contributed by atoms with van der Waals surface area (Å²) in [6.45, 7) is 3.68. The Kier molecular flexibility index (Phi) is 5.05. The predicted octanol–water partition coefficient (Wildman–Crippen LogP) is 0.639. The zero-order valence-corrected chi connectivity index (χ0v) is 11.2. The van der Waals surface area contributed by atoms with Gasteiger partial charge in [-0.3, -0.25) is 15.4 Å². The van der Waals surface area contributed by atoms with Crippen LogP contribution in [-0.4, -0.2) is 16.9 Å². The molecule has 1 atom stereocenters. The molecular weight excluding hydrogens is 274 g/mol. The number of halogens is 1. The molecule has 0 radical (unpaired) electrons. The fraction of sp³-hybridized carbons (Fsp3) is 0.455. The molecule has 1 aromatic heterocycles. The van der Waals surface area contributed by atoms with Crippen LogP contribution in [-0.2, 0) is 4.79 Å². The normalized spacial score (nSPS) is 12.2. The zero-order chi connectivity index (χ0) is 14.6. The number of nitrogens with zero attached hydrogens (tertiary/aromatic N) is 1. The van der Waals surface area contributed by atoms with E-state index in [1.165, 1.54) is 12.1 Å². The topological polar surface area (TPSA) is 109 Å². The van der Waals surface area contributed by atoms with E-state index in [1.54, 1.807) is 0 Å². The van der Waals surface area contributed by atoms with Gasteiger partial charge in [0.25, 0.3) is 0 Å². The highest BCUT2D eigenvalue weighted by Crippen LogP contribution is 2.22. The van der Waals surface area contributed by atoms with Crippen molar-refractivity contribution in [3.05, 3.63) is 27.4 Å². The van der Waals surface area contributed by atoms with Crippen LogP contribution in [0.25, 0.3) is 0 Å². The lowest BCUT2D eigenvalue weighted by Gasteiger charge is -2.17. The second kappa shape index (κ2) is 6.33. The largest absolute Gasteiger partial charge is 0.546 e. The molecule has 0 aliphatic heterocycles. The first-order valence-electron chi connectivity index (χ1n) is 5.65. The third-order valence-corrected chi connectivity index (χ3v) is 2.62. The number of carbonyl (C=O) groups is 1. The predicted molar refractivity (Wildman–Crippen MR) is 66.5 cm³/mol. The maximum atomic E-state index is 11.0. The van der Waals surface area contributed by atoms with Crippen LogP contribution in [0.5, 0.6) is 0 Å². The Labute approximate surface area is 114 Å². The van der Waals surface area contributed by atoms with Crippen LogP contribution in [0.3, 0.4) is 0 Å². The summed E-state index contributed by atoms with van der Waals surface area (Å²) in [4.78, 5) is 23.8. The fourth-order valence-corrected chi connectivity index (χ4v) is 1.74. The minimum atomic E-state index is -1.32. The Morgan fingerprint density at radius 3 is 2.63 bits per heavy atom. The number of aromatic amines is 1. The standard InChI is InChI=1S/C11H14ClN3O4/c1-6(2)5-7(11(16)17)13-10-8(15(18)19)3-4-9(12)14-10/h3-4,6-7H,5H2,1-2H3,(H,13,14)(H,16,17)/t7-/m1/s1. The number of carbonyl (C=O) groups excluding carboxylic acids is 1. The number of rotatable bonds is 6. The molecule has 2 N–H and O–H groups in total. The van der Waals surface area contributed by atoms with E-state index in [0.717, 1.165) is 0 Å². The highest BCUT2D eigenvalue weighted by atomic mass is 35.5. The number of carboxylic acids is 1. The fourth-order valence-electron chi connectivity index (χ4n) is 1.58. The SMILES string of the molecule is CC(C)C[C@@H](Nc1[nH+]c(Cl)ccc1[N+](=O)[O-])C(=O)[O-]. The van der Waals surface area contributed by atoms with Gasteiger partial charge in [-0.2, -0.15) is 0 Å². The van der Waals surface area contributed by atoms with E-state index in [-0.39, 0.29) is 29.0 Å². The second-order valence-electron chi connectivity index (χ2n) is 4.47. The lowest BCUT2D eigenvalue weighted by Crippen LogP contribution is -2.43. The number of aliphatic carboxylic acids is 1. The van der Waals surface area contributed by atoms with Crippen molar-refractivity contribution in [2.75, 3.05) is 5.32 Å². The van der Waals surface area contributed by atoms with Crippen LogP contribution in [0.2, 0.25) is 5.15 Å². The number of hydrogen-bond donors (Lipinski definition) is 1. The third-order valence-electron chi connectivity index (χ3n) is 2.39. The monoisotopic (exact) mass is 287 g/mol. The molecule has 8 heteroatoms. The number of nitro groups is 1. The Morgan fingerprint density at radius 1 is 1.53 bits per heavy atom. The van der Waals surface area contributed by atoms with Crippen LogP contribution in [0, 0.1) is 16.0 Å². The van der Waals surface area contributed by atoms with Gasteiger partial charge >= 0.3 is 11.5 Å². The van der Waals surface area contributed by atoms with Gasteiger partial charge in [-0.1, -0.05) is 13.8 Å². The van der Waals surface area contributed by atoms with Crippen molar-refractivity contribution < 1.29 is 19.8 Å². The number of nitrogens with one attached hydrogen (secondary N) is 2. The molecular formula is C11H14ClN3O4. The first-order chi connectivity index (χ1) is 8.81. The molecule has 1 aromatic rings. The average Bonchev–Trinajstić information content (AvgIpc) is 2.26. The molecule has 19 heavy (non-hydrogen) atoms. The van der Waals surface area contributed by atoms with E-state index >= 15 is 0 Å². The van der Waals surface area contributed by atoms with E-state index < -0.39 is 16.9 Å². The molecule has 0 aliphatic rings. The summed E-state index contributed by atoms with van der Waals surface area (Å²) in [6.07, 6.45) is 0.278. The average molecular weight is 288 g/mol. The van der Waals surface area contributed by atoms with E-state index in [9.17, 15) is 20.0 Å². The molecule has 0 saturated carbocycles. The molecule has 1 rings (SSSR count). The molecule has 0 unspecified atom stereocenters. The van der Waals surface area contributed by atoms with Crippen molar-refractivity contribution in [3.63, 3.8) is 0 Å². The van der Waals surface area contributed by atoms with Crippen molar-refractivity contribution in [2.24, 2.45) is 5.92 Å². The highest BCUT2D eigenvalue weighted by molar-refractivity contribution is 6.28. The minimum absolute atomic E-state index is 0.0487. The van der Waals surface area contributed by atoms with Gasteiger partial charge in [0.1, 0.15) is 6.04 Å². The number of hydrogen-bond acceptors (Lipinski definition) is 5. The summed E-state index contributed by atoms with van der Waals surface area (Å²) in [5, 5.41) is 24.6. The maximum absolute atomic E-state index is 11.0. The van der Waals surface area contributed by atoms with Crippen LogP contribution >= 0.6 is 11.6 Å². The molecule has 0 spiro atoms. The molecule has 104 valence electrons. The van der Waals surface area contributed by atoms with Crippen LogP contribution in [0.4, 0.5) is 11.5 Å². The van der Waals surface area contributed by atoms with Crippen molar-refractivity contribution in [1.82, 2.24) is 0 Å². The number of H-pyrrole nitrogens is 1. The summed E-state index contributed by atoms with van der Waals surface area (Å²) < 4.78 is 0. The Morgan fingerprint density at radius 2 is 2.16 bits per heavy atom. The van der Waals surface area contributed by atoms with Gasteiger partial charge in [-0.15, -0.1) is 0 Å². The number of carboxylic acid groups (broad SMARTS) is 1. The van der Waals surface area contributed by atoms with Crippen molar-refractivity contribution >= 4 is 29.1 Å². The first-order valence-corrected chi connectivity index (χ1v) is 6.02. The minimum Gasteiger partial charge on any atom is -0.546 e. The van der Waals surface area contributed by atoms with Crippen molar-refractivity contribution in [1.29, 1.82) is 0 Å². The van der Waals surface area contributed by atoms with Crippen molar-refractivity contribution in [3.8, 4) is 0 Å². The first kappa shape index (κ1) is 15.2. The second-order valence-corrected chi connectivity index (χ2v) is 4.88. The Balaban J connectivity index is 3.04. The number of anilines is 1. The van der Waals surface area contributed by atoms with Gasteiger partial charge in [0.15, 0.2) is 5.15 Å².